The van der Waals surface area contributed by atoms with Crippen LogP contribution < -0.4 is 14.8 Å². The summed E-state index contributed by atoms with van der Waals surface area (Å²) in [7, 11) is 3.16. The number of hydrogen-bond donors (Lipinski definition) is 2. The molecule has 6 heteroatoms. The molecule has 1 aromatic heterocycles. The number of nitrogens with one attached hydrogen (secondary N) is 1. The van der Waals surface area contributed by atoms with E-state index in [1.54, 1.807) is 32.4 Å². The standard InChI is InChI=1S/C19H21N3O3/c1-12-4-5-17-16(6-12)19(22-11-21-17)20-10-18(23)13-7-14(24-2)9-15(8-13)25-3/h4-9,11,18,23H,10H2,1-3H3,(H,20,21,22). The van der Waals surface area contributed by atoms with Crippen LogP contribution in [0, 0.1) is 6.92 Å². The minimum absolute atomic E-state index is 0.302. The summed E-state index contributed by atoms with van der Waals surface area (Å²) >= 11 is 0. The monoisotopic (exact) mass is 339 g/mol. The Hall–Kier alpha value is -2.86. The van der Waals surface area contributed by atoms with Gasteiger partial charge in [-0.3, -0.25) is 0 Å². The lowest BCUT2D eigenvalue weighted by Gasteiger charge is -2.16. The number of aliphatic hydroxyl groups excluding tert-OH is 1. The lowest BCUT2D eigenvalue weighted by Crippen LogP contribution is -2.13. The first-order chi connectivity index (χ1) is 12.1. The molecule has 0 radical (unpaired) electrons. The SMILES string of the molecule is COc1cc(OC)cc(C(O)CNc2ncnc3ccc(C)cc23)c1. The largest absolute Gasteiger partial charge is 0.497 e. The summed E-state index contributed by atoms with van der Waals surface area (Å²) in [4.78, 5) is 8.57. The van der Waals surface area contributed by atoms with E-state index in [-0.39, 0.29) is 0 Å². The number of benzene rings is 2. The summed E-state index contributed by atoms with van der Waals surface area (Å²) in [6.45, 7) is 2.32. The highest BCUT2D eigenvalue weighted by atomic mass is 16.5. The van der Waals surface area contributed by atoms with Gasteiger partial charge in [0.05, 0.1) is 25.8 Å². The second-order valence-corrected chi connectivity index (χ2v) is 5.79. The molecule has 0 aliphatic heterocycles. The van der Waals surface area contributed by atoms with Gasteiger partial charge in [0, 0.05) is 18.0 Å². The summed E-state index contributed by atoms with van der Waals surface area (Å²) in [5, 5.41) is 14.7. The molecule has 0 saturated carbocycles. The van der Waals surface area contributed by atoms with Gasteiger partial charge in [-0.1, -0.05) is 11.6 Å². The van der Waals surface area contributed by atoms with E-state index in [2.05, 4.69) is 15.3 Å². The molecular weight excluding hydrogens is 318 g/mol. The van der Waals surface area contributed by atoms with Gasteiger partial charge in [-0.15, -0.1) is 0 Å². The molecule has 0 bridgehead atoms. The molecule has 0 amide bonds. The molecule has 1 unspecified atom stereocenters. The Balaban J connectivity index is 1.81. The van der Waals surface area contributed by atoms with E-state index in [1.807, 2.05) is 25.1 Å². The molecule has 0 aliphatic carbocycles. The quantitative estimate of drug-likeness (QED) is 0.719. The summed E-state index contributed by atoms with van der Waals surface area (Å²) in [5.74, 6) is 1.97. The van der Waals surface area contributed by atoms with Gasteiger partial charge in [0.15, 0.2) is 0 Å². The van der Waals surface area contributed by atoms with Crippen molar-refractivity contribution in [2.45, 2.75) is 13.0 Å². The molecule has 25 heavy (non-hydrogen) atoms. The van der Waals surface area contributed by atoms with Crippen LogP contribution in [0.1, 0.15) is 17.2 Å². The molecule has 1 atom stereocenters. The van der Waals surface area contributed by atoms with Crippen LogP contribution in [0.15, 0.2) is 42.7 Å². The number of ether oxygens (including phenoxy) is 2. The predicted octanol–water partition coefficient (Wildman–Crippen LogP) is 3.10. The van der Waals surface area contributed by atoms with Gasteiger partial charge in [0.25, 0.3) is 0 Å². The zero-order chi connectivity index (χ0) is 17.8. The number of hydrogen-bond acceptors (Lipinski definition) is 6. The van der Waals surface area contributed by atoms with Crippen LogP contribution in [0.4, 0.5) is 5.82 Å². The van der Waals surface area contributed by atoms with Gasteiger partial charge in [-0.2, -0.15) is 0 Å². The lowest BCUT2D eigenvalue weighted by molar-refractivity contribution is 0.190. The van der Waals surface area contributed by atoms with Crippen molar-refractivity contribution in [2.24, 2.45) is 0 Å². The van der Waals surface area contributed by atoms with E-state index in [9.17, 15) is 5.11 Å². The Morgan fingerprint density at radius 1 is 1.04 bits per heavy atom. The summed E-state index contributed by atoms with van der Waals surface area (Å²) in [6, 6.07) is 11.3. The fourth-order valence-electron chi connectivity index (χ4n) is 2.64. The van der Waals surface area contributed by atoms with Crippen molar-refractivity contribution < 1.29 is 14.6 Å². The van der Waals surface area contributed by atoms with Gasteiger partial charge in [0.1, 0.15) is 23.6 Å². The third kappa shape index (κ3) is 3.80. The smallest absolute Gasteiger partial charge is 0.137 e. The predicted molar refractivity (Wildman–Crippen MR) is 97.3 cm³/mol. The molecular formula is C19H21N3O3. The van der Waals surface area contributed by atoms with Gasteiger partial charge in [-0.05, 0) is 36.8 Å². The summed E-state index contributed by atoms with van der Waals surface area (Å²) in [6.07, 6.45) is 0.778. The highest BCUT2D eigenvalue weighted by molar-refractivity contribution is 5.89. The second kappa shape index (κ2) is 7.36. The topological polar surface area (TPSA) is 76.5 Å². The van der Waals surface area contributed by atoms with Crippen molar-refractivity contribution in [2.75, 3.05) is 26.1 Å². The van der Waals surface area contributed by atoms with Gasteiger partial charge in [0.2, 0.25) is 0 Å². The first-order valence-electron chi connectivity index (χ1n) is 7.97. The Labute approximate surface area is 146 Å². The van der Waals surface area contributed by atoms with Crippen molar-refractivity contribution in [3.63, 3.8) is 0 Å². The van der Waals surface area contributed by atoms with Crippen molar-refractivity contribution in [3.8, 4) is 11.5 Å². The van der Waals surface area contributed by atoms with Gasteiger partial charge in [-0.25, -0.2) is 9.97 Å². The lowest BCUT2D eigenvalue weighted by atomic mass is 10.1. The maximum atomic E-state index is 10.5. The van der Waals surface area contributed by atoms with Crippen LogP contribution in [-0.4, -0.2) is 35.8 Å². The van der Waals surface area contributed by atoms with E-state index in [0.29, 0.717) is 29.4 Å². The Morgan fingerprint density at radius 2 is 1.76 bits per heavy atom. The molecule has 3 aromatic rings. The maximum absolute atomic E-state index is 10.5. The maximum Gasteiger partial charge on any atom is 0.137 e. The van der Waals surface area contributed by atoms with E-state index < -0.39 is 6.10 Å². The normalized spacial score (nSPS) is 12.0. The number of rotatable bonds is 6. The zero-order valence-electron chi connectivity index (χ0n) is 14.5. The van der Waals surface area contributed by atoms with E-state index in [4.69, 9.17) is 9.47 Å². The highest BCUT2D eigenvalue weighted by Crippen LogP contribution is 2.27. The number of methoxy groups -OCH3 is 2. The molecule has 2 aromatic carbocycles. The second-order valence-electron chi connectivity index (χ2n) is 5.79. The molecule has 1 heterocycles. The average molecular weight is 339 g/mol. The van der Waals surface area contributed by atoms with E-state index >= 15 is 0 Å². The van der Waals surface area contributed by atoms with Crippen LogP contribution in [-0.2, 0) is 0 Å². The molecule has 2 N–H and O–H groups in total. The molecule has 0 aliphatic rings. The van der Waals surface area contributed by atoms with Crippen molar-refractivity contribution in [3.05, 3.63) is 53.9 Å². The first kappa shape index (κ1) is 17.0. The van der Waals surface area contributed by atoms with Crippen LogP contribution in [0.5, 0.6) is 11.5 Å². The number of fused-ring (bicyclic) bond motifs is 1. The summed E-state index contributed by atoms with van der Waals surface area (Å²) in [5.41, 5.74) is 2.70. The molecule has 3 rings (SSSR count). The van der Waals surface area contributed by atoms with E-state index in [1.165, 1.54) is 6.33 Å². The van der Waals surface area contributed by atoms with Crippen LogP contribution >= 0.6 is 0 Å². The third-order valence-electron chi connectivity index (χ3n) is 4.01. The summed E-state index contributed by atoms with van der Waals surface area (Å²) < 4.78 is 10.5. The Morgan fingerprint density at radius 3 is 2.44 bits per heavy atom. The number of nitrogens with zero attached hydrogens (tertiary/aromatic N) is 2. The molecule has 0 fully saturated rings. The molecule has 0 saturated heterocycles. The van der Waals surface area contributed by atoms with Crippen LogP contribution in [0.2, 0.25) is 0 Å². The minimum Gasteiger partial charge on any atom is -0.497 e. The fourth-order valence-corrected chi connectivity index (χ4v) is 2.64. The van der Waals surface area contributed by atoms with Gasteiger partial charge >= 0.3 is 0 Å². The number of aliphatic hydroxyl groups is 1. The first-order valence-corrected chi connectivity index (χ1v) is 7.97. The highest BCUT2D eigenvalue weighted by Gasteiger charge is 2.12. The third-order valence-corrected chi connectivity index (χ3v) is 4.01. The minimum atomic E-state index is -0.737. The molecule has 0 spiro atoms. The Kier molecular flexibility index (Phi) is 5.00. The van der Waals surface area contributed by atoms with Crippen molar-refractivity contribution >= 4 is 16.7 Å². The van der Waals surface area contributed by atoms with Crippen LogP contribution in [0.25, 0.3) is 10.9 Å². The Bertz CT molecular complexity index is 861. The molecule has 130 valence electrons. The number of aryl methyl sites for hydroxylation is 1. The zero-order valence-corrected chi connectivity index (χ0v) is 14.5. The number of anilines is 1. The number of aromatic nitrogens is 2. The fraction of sp³-hybridized carbons (Fsp3) is 0.263. The van der Waals surface area contributed by atoms with Gasteiger partial charge < -0.3 is 19.9 Å². The molecule has 6 nitrogen and oxygen atoms in total. The van der Waals surface area contributed by atoms with Crippen molar-refractivity contribution in [1.82, 2.24) is 9.97 Å². The van der Waals surface area contributed by atoms with Crippen LogP contribution in [0.3, 0.4) is 0 Å². The average Bonchev–Trinajstić information content (AvgIpc) is 2.65. The van der Waals surface area contributed by atoms with Crippen molar-refractivity contribution in [1.29, 1.82) is 0 Å². The van der Waals surface area contributed by atoms with E-state index in [0.717, 1.165) is 16.5 Å².